The second-order valence-corrected chi connectivity index (χ2v) is 9.36. The first-order valence-electron chi connectivity index (χ1n) is 10.2. The maximum atomic E-state index is 13.2. The van der Waals surface area contributed by atoms with Gasteiger partial charge in [-0.2, -0.15) is 0 Å². The number of fused-ring (bicyclic) bond motifs is 1. The molecule has 0 bridgehead atoms. The van der Waals surface area contributed by atoms with Gasteiger partial charge in [-0.1, -0.05) is 18.2 Å². The number of ether oxygens (including phenoxy) is 1. The summed E-state index contributed by atoms with van der Waals surface area (Å²) in [4.78, 5) is 13.9. The Hall–Kier alpha value is -3.39. The molecule has 4 rings (SSSR count). The Morgan fingerprint density at radius 3 is 2.44 bits per heavy atom. The van der Waals surface area contributed by atoms with Gasteiger partial charge in [-0.05, 0) is 73.0 Å². The second kappa shape index (κ2) is 9.00. The van der Waals surface area contributed by atoms with E-state index in [-0.39, 0.29) is 23.2 Å². The van der Waals surface area contributed by atoms with Crippen LogP contribution in [0.1, 0.15) is 12.0 Å². The van der Waals surface area contributed by atoms with E-state index in [0.717, 1.165) is 18.4 Å². The monoisotopic (exact) mass is 454 g/mol. The number of para-hydroxylation sites is 1. The lowest BCUT2D eigenvalue weighted by Crippen LogP contribution is -2.35. The molecule has 3 aromatic carbocycles. The summed E-state index contributed by atoms with van der Waals surface area (Å²) in [7, 11) is -2.13. The van der Waals surface area contributed by atoms with Gasteiger partial charge in [-0.15, -0.1) is 0 Å². The molecule has 0 aromatic heterocycles. The minimum atomic E-state index is -3.70. The maximum Gasteiger partial charge on any atom is 0.264 e. The largest absolute Gasteiger partial charge is 0.484 e. The average molecular weight is 455 g/mol. The summed E-state index contributed by atoms with van der Waals surface area (Å²) in [6, 6.07) is 19.1. The van der Waals surface area contributed by atoms with Crippen LogP contribution in [-0.2, 0) is 21.2 Å². The molecule has 0 unspecified atom stereocenters. The van der Waals surface area contributed by atoms with Crippen molar-refractivity contribution in [2.24, 2.45) is 0 Å². The zero-order chi connectivity index (χ0) is 22.7. The van der Waals surface area contributed by atoms with Crippen LogP contribution < -0.4 is 13.9 Å². The number of amides is 1. The van der Waals surface area contributed by atoms with Crippen LogP contribution in [-0.4, -0.2) is 34.5 Å². The number of aryl methyl sites for hydroxylation is 1. The molecule has 0 saturated heterocycles. The predicted molar refractivity (Wildman–Crippen MR) is 121 cm³/mol. The molecule has 1 heterocycles. The molecule has 166 valence electrons. The molecular weight excluding hydrogens is 431 g/mol. The first-order valence-corrected chi connectivity index (χ1v) is 11.7. The number of sulfonamides is 1. The van der Waals surface area contributed by atoms with Crippen molar-refractivity contribution >= 4 is 27.3 Å². The highest BCUT2D eigenvalue weighted by Crippen LogP contribution is 2.32. The normalized spacial score (nSPS) is 13.4. The zero-order valence-corrected chi connectivity index (χ0v) is 18.4. The average Bonchev–Trinajstić information content (AvgIpc) is 2.82. The lowest BCUT2D eigenvalue weighted by Gasteiger charge is -2.30. The molecule has 1 amide bonds. The molecule has 32 heavy (non-hydrogen) atoms. The van der Waals surface area contributed by atoms with Gasteiger partial charge in [0.2, 0.25) is 0 Å². The van der Waals surface area contributed by atoms with Crippen molar-refractivity contribution in [1.82, 2.24) is 0 Å². The van der Waals surface area contributed by atoms with Crippen molar-refractivity contribution in [3.8, 4) is 5.75 Å². The number of rotatable bonds is 6. The van der Waals surface area contributed by atoms with Crippen LogP contribution in [0.4, 0.5) is 15.8 Å². The van der Waals surface area contributed by atoms with Crippen LogP contribution in [0.5, 0.6) is 5.75 Å². The summed E-state index contributed by atoms with van der Waals surface area (Å²) in [5, 5.41) is 0. The topological polar surface area (TPSA) is 66.9 Å². The molecule has 0 spiro atoms. The number of likely N-dealkylation sites (N-methyl/N-ethyl adjacent to an activating group) is 1. The van der Waals surface area contributed by atoms with Gasteiger partial charge < -0.3 is 9.64 Å². The number of carbonyl (C=O) groups is 1. The highest BCUT2D eigenvalue weighted by Gasteiger charge is 2.28. The van der Waals surface area contributed by atoms with Gasteiger partial charge in [-0.25, -0.2) is 12.8 Å². The standard InChI is InChI=1S/C24H23FN2O4S/c1-26(20-10-8-19(25)9-11-20)24(28)17-31-21-12-14-22(15-13-21)32(29,30)27-16-4-6-18-5-2-3-7-23(18)27/h2-3,5,7-15H,4,6,16-17H2,1H3. The molecule has 0 atom stereocenters. The summed E-state index contributed by atoms with van der Waals surface area (Å²) in [6.45, 7) is 0.196. The third kappa shape index (κ3) is 4.45. The van der Waals surface area contributed by atoms with E-state index >= 15 is 0 Å². The Labute approximate surface area is 186 Å². The molecule has 0 N–H and O–H groups in total. The summed E-state index contributed by atoms with van der Waals surface area (Å²) in [5.74, 6) is -0.323. The number of benzene rings is 3. The van der Waals surface area contributed by atoms with Crippen LogP contribution in [0.25, 0.3) is 0 Å². The number of carbonyl (C=O) groups excluding carboxylic acids is 1. The van der Waals surface area contributed by atoms with Gasteiger partial charge in [0.15, 0.2) is 6.61 Å². The fraction of sp³-hybridized carbons (Fsp3) is 0.208. The molecular formula is C24H23FN2O4S. The smallest absolute Gasteiger partial charge is 0.264 e. The van der Waals surface area contributed by atoms with Crippen molar-refractivity contribution in [3.63, 3.8) is 0 Å². The van der Waals surface area contributed by atoms with E-state index in [0.29, 0.717) is 23.7 Å². The van der Waals surface area contributed by atoms with E-state index in [2.05, 4.69) is 0 Å². The molecule has 0 aliphatic carbocycles. The Kier molecular flexibility index (Phi) is 6.14. The van der Waals surface area contributed by atoms with Crippen LogP contribution in [0.3, 0.4) is 0 Å². The number of hydrogen-bond donors (Lipinski definition) is 0. The summed E-state index contributed by atoms with van der Waals surface area (Å²) >= 11 is 0. The summed E-state index contributed by atoms with van der Waals surface area (Å²) in [5.41, 5.74) is 2.28. The van der Waals surface area contributed by atoms with Crippen LogP contribution in [0, 0.1) is 5.82 Å². The minimum Gasteiger partial charge on any atom is -0.484 e. The predicted octanol–water partition coefficient (Wildman–Crippen LogP) is 4.01. The molecule has 1 aliphatic rings. The third-order valence-electron chi connectivity index (χ3n) is 5.43. The summed E-state index contributed by atoms with van der Waals surface area (Å²) in [6.07, 6.45) is 1.62. The van der Waals surface area contributed by atoms with Gasteiger partial charge in [-0.3, -0.25) is 9.10 Å². The van der Waals surface area contributed by atoms with E-state index < -0.39 is 10.0 Å². The van der Waals surface area contributed by atoms with Gasteiger partial charge >= 0.3 is 0 Å². The number of nitrogens with zero attached hydrogens (tertiary/aromatic N) is 2. The fourth-order valence-corrected chi connectivity index (χ4v) is 5.18. The highest BCUT2D eigenvalue weighted by atomic mass is 32.2. The van der Waals surface area contributed by atoms with E-state index in [1.807, 2.05) is 24.3 Å². The molecule has 0 radical (unpaired) electrons. The molecule has 8 heteroatoms. The SMILES string of the molecule is CN(C(=O)COc1ccc(S(=O)(=O)N2CCCc3ccccc32)cc1)c1ccc(F)cc1. The Bertz CT molecular complexity index is 1210. The molecule has 0 saturated carbocycles. The molecule has 3 aromatic rings. The van der Waals surface area contributed by atoms with Gasteiger partial charge in [0.25, 0.3) is 15.9 Å². The van der Waals surface area contributed by atoms with Crippen molar-refractivity contribution < 1.29 is 22.3 Å². The Morgan fingerprint density at radius 2 is 1.72 bits per heavy atom. The fourth-order valence-electron chi connectivity index (χ4n) is 3.63. The molecule has 1 aliphatic heterocycles. The quantitative estimate of drug-likeness (QED) is 0.565. The Balaban J connectivity index is 1.43. The summed E-state index contributed by atoms with van der Waals surface area (Å²) < 4.78 is 46.4. The lowest BCUT2D eigenvalue weighted by atomic mass is 10.0. The van der Waals surface area contributed by atoms with E-state index in [9.17, 15) is 17.6 Å². The lowest BCUT2D eigenvalue weighted by molar-refractivity contribution is -0.120. The first kappa shape index (κ1) is 21.8. The zero-order valence-electron chi connectivity index (χ0n) is 17.6. The molecule has 6 nitrogen and oxygen atoms in total. The van der Waals surface area contributed by atoms with Crippen LogP contribution in [0.15, 0.2) is 77.7 Å². The number of halogens is 1. The van der Waals surface area contributed by atoms with Gasteiger partial charge in [0.05, 0.1) is 10.6 Å². The van der Waals surface area contributed by atoms with Crippen molar-refractivity contribution in [2.45, 2.75) is 17.7 Å². The van der Waals surface area contributed by atoms with Crippen molar-refractivity contribution in [3.05, 3.63) is 84.2 Å². The van der Waals surface area contributed by atoms with Crippen LogP contribution in [0.2, 0.25) is 0 Å². The van der Waals surface area contributed by atoms with Crippen LogP contribution >= 0.6 is 0 Å². The van der Waals surface area contributed by atoms with E-state index in [1.165, 1.54) is 57.7 Å². The maximum absolute atomic E-state index is 13.2. The van der Waals surface area contributed by atoms with Crippen molar-refractivity contribution in [2.75, 3.05) is 29.4 Å². The highest BCUT2D eigenvalue weighted by molar-refractivity contribution is 7.92. The Morgan fingerprint density at radius 1 is 1.03 bits per heavy atom. The first-order chi connectivity index (χ1) is 15.4. The van der Waals surface area contributed by atoms with E-state index in [1.54, 1.807) is 7.05 Å². The third-order valence-corrected chi connectivity index (χ3v) is 7.26. The van der Waals surface area contributed by atoms with E-state index in [4.69, 9.17) is 4.74 Å². The van der Waals surface area contributed by atoms with Gasteiger partial charge in [0.1, 0.15) is 11.6 Å². The second-order valence-electron chi connectivity index (χ2n) is 7.50. The number of hydrogen-bond acceptors (Lipinski definition) is 4. The minimum absolute atomic E-state index is 0.163. The van der Waals surface area contributed by atoms with Gasteiger partial charge in [0, 0.05) is 19.3 Å². The molecule has 0 fully saturated rings. The number of anilines is 2. The van der Waals surface area contributed by atoms with Crippen molar-refractivity contribution in [1.29, 1.82) is 0 Å².